The molecule has 22 heavy (non-hydrogen) atoms. The Morgan fingerprint density at radius 1 is 1.05 bits per heavy atom. The van der Waals surface area contributed by atoms with Crippen molar-refractivity contribution in [3.8, 4) is 0 Å². The van der Waals surface area contributed by atoms with Crippen LogP contribution in [-0.2, 0) is 11.2 Å². The molecule has 0 spiro atoms. The van der Waals surface area contributed by atoms with E-state index in [1.54, 1.807) is 6.08 Å². The minimum atomic E-state index is -0.441. The van der Waals surface area contributed by atoms with Crippen LogP contribution in [0.15, 0.2) is 66.9 Å². The number of pyridine rings is 1. The molecule has 2 N–H and O–H groups in total. The Bertz CT molecular complexity index is 830. The van der Waals surface area contributed by atoms with Gasteiger partial charge in [0.1, 0.15) is 0 Å². The summed E-state index contributed by atoms with van der Waals surface area (Å²) in [5.41, 5.74) is 8.29. The van der Waals surface area contributed by atoms with Crippen LogP contribution in [0.2, 0.25) is 0 Å². The van der Waals surface area contributed by atoms with Crippen molar-refractivity contribution in [3.63, 3.8) is 0 Å². The normalized spacial score (nSPS) is 11.1. The number of rotatable bonds is 4. The maximum absolute atomic E-state index is 10.7. The van der Waals surface area contributed by atoms with Crippen LogP contribution in [0.25, 0.3) is 16.8 Å². The monoisotopic (exact) mass is 288 g/mol. The highest BCUT2D eigenvalue weighted by Crippen LogP contribution is 2.19. The molecule has 108 valence electrons. The third-order valence-corrected chi connectivity index (χ3v) is 3.55. The summed E-state index contributed by atoms with van der Waals surface area (Å²) >= 11 is 0. The minimum Gasteiger partial charge on any atom is -0.366 e. The Kier molecular flexibility index (Phi) is 3.97. The lowest BCUT2D eigenvalue weighted by atomic mass is 10.0. The van der Waals surface area contributed by atoms with Crippen LogP contribution < -0.4 is 5.73 Å². The predicted octanol–water partition coefficient (Wildman–Crippen LogP) is 3.32. The maximum Gasteiger partial charge on any atom is 0.241 e. The number of aromatic nitrogens is 1. The Morgan fingerprint density at radius 2 is 1.82 bits per heavy atom. The van der Waals surface area contributed by atoms with E-state index < -0.39 is 5.91 Å². The molecule has 0 aliphatic heterocycles. The molecule has 0 aliphatic rings. The van der Waals surface area contributed by atoms with Crippen molar-refractivity contribution in [3.05, 3.63) is 83.7 Å². The number of primary amides is 1. The Labute approximate surface area is 129 Å². The van der Waals surface area contributed by atoms with Gasteiger partial charge in [-0.1, -0.05) is 48.5 Å². The fraction of sp³-hybridized carbons (Fsp3) is 0.0526. The number of nitrogens with zero attached hydrogens (tertiary/aromatic N) is 1. The molecule has 3 heteroatoms. The number of hydrogen-bond donors (Lipinski definition) is 1. The first-order valence-electron chi connectivity index (χ1n) is 7.11. The smallest absolute Gasteiger partial charge is 0.241 e. The van der Waals surface area contributed by atoms with Gasteiger partial charge in [-0.2, -0.15) is 0 Å². The Morgan fingerprint density at radius 3 is 2.59 bits per heavy atom. The third kappa shape index (κ3) is 3.20. The molecular formula is C19H16N2O. The predicted molar refractivity (Wildman–Crippen MR) is 89.2 cm³/mol. The zero-order valence-electron chi connectivity index (χ0n) is 12.1. The average molecular weight is 288 g/mol. The molecule has 1 aromatic heterocycles. The molecule has 0 saturated carbocycles. The molecule has 0 radical (unpaired) electrons. The van der Waals surface area contributed by atoms with E-state index in [2.05, 4.69) is 17.1 Å². The average Bonchev–Trinajstić information content (AvgIpc) is 2.54. The standard InChI is InChI=1S/C19H16N2O/c20-19(22)10-9-14-5-7-15(8-6-14)13-18-17-4-2-1-3-16(17)11-12-21-18/h1-12H,13H2,(H2,20,22). The molecule has 3 aromatic rings. The van der Waals surface area contributed by atoms with Crippen LogP contribution in [0, 0.1) is 0 Å². The van der Waals surface area contributed by atoms with Gasteiger partial charge < -0.3 is 5.73 Å². The van der Waals surface area contributed by atoms with Crippen molar-refractivity contribution in [2.45, 2.75) is 6.42 Å². The van der Waals surface area contributed by atoms with E-state index in [0.29, 0.717) is 0 Å². The summed E-state index contributed by atoms with van der Waals surface area (Å²) in [5.74, 6) is -0.441. The van der Waals surface area contributed by atoms with E-state index in [1.165, 1.54) is 22.4 Å². The lowest BCUT2D eigenvalue weighted by molar-refractivity contribution is -0.113. The fourth-order valence-electron chi connectivity index (χ4n) is 2.44. The van der Waals surface area contributed by atoms with Gasteiger partial charge in [-0.3, -0.25) is 9.78 Å². The van der Waals surface area contributed by atoms with Crippen LogP contribution in [0.1, 0.15) is 16.8 Å². The van der Waals surface area contributed by atoms with Crippen LogP contribution in [0.3, 0.4) is 0 Å². The maximum atomic E-state index is 10.7. The second-order valence-electron chi connectivity index (χ2n) is 5.13. The number of nitrogens with two attached hydrogens (primary N) is 1. The first-order valence-corrected chi connectivity index (χ1v) is 7.11. The van der Waals surface area contributed by atoms with E-state index in [9.17, 15) is 4.79 Å². The summed E-state index contributed by atoms with van der Waals surface area (Å²) in [6.07, 6.45) is 5.70. The van der Waals surface area contributed by atoms with Gasteiger partial charge in [0, 0.05) is 24.1 Å². The summed E-state index contributed by atoms with van der Waals surface area (Å²) in [6.45, 7) is 0. The van der Waals surface area contributed by atoms with Crippen molar-refractivity contribution < 1.29 is 4.79 Å². The lowest BCUT2D eigenvalue weighted by Gasteiger charge is -2.06. The highest BCUT2D eigenvalue weighted by atomic mass is 16.1. The van der Waals surface area contributed by atoms with Crippen molar-refractivity contribution in [1.29, 1.82) is 0 Å². The topological polar surface area (TPSA) is 56.0 Å². The van der Waals surface area contributed by atoms with Gasteiger partial charge in [-0.25, -0.2) is 0 Å². The quantitative estimate of drug-likeness (QED) is 0.749. The summed E-state index contributed by atoms with van der Waals surface area (Å²) in [6, 6.07) is 18.3. The second kappa shape index (κ2) is 6.22. The molecule has 3 rings (SSSR count). The molecule has 1 heterocycles. The highest BCUT2D eigenvalue weighted by molar-refractivity contribution is 5.90. The second-order valence-corrected chi connectivity index (χ2v) is 5.13. The van der Waals surface area contributed by atoms with Crippen molar-refractivity contribution in [1.82, 2.24) is 4.98 Å². The van der Waals surface area contributed by atoms with Crippen LogP contribution in [0.4, 0.5) is 0 Å². The number of carbonyl (C=O) groups excluding carboxylic acids is 1. The highest BCUT2D eigenvalue weighted by Gasteiger charge is 2.03. The van der Waals surface area contributed by atoms with Crippen molar-refractivity contribution in [2.24, 2.45) is 5.73 Å². The van der Waals surface area contributed by atoms with Gasteiger partial charge in [0.25, 0.3) is 0 Å². The molecule has 2 aromatic carbocycles. The van der Waals surface area contributed by atoms with Gasteiger partial charge >= 0.3 is 0 Å². The Hall–Kier alpha value is -2.94. The molecule has 0 fully saturated rings. The summed E-state index contributed by atoms with van der Waals surface area (Å²) in [7, 11) is 0. The fourth-order valence-corrected chi connectivity index (χ4v) is 2.44. The molecule has 0 aliphatic carbocycles. The van der Waals surface area contributed by atoms with E-state index >= 15 is 0 Å². The zero-order chi connectivity index (χ0) is 15.4. The van der Waals surface area contributed by atoms with Crippen molar-refractivity contribution in [2.75, 3.05) is 0 Å². The van der Waals surface area contributed by atoms with E-state index in [0.717, 1.165) is 17.7 Å². The van der Waals surface area contributed by atoms with Gasteiger partial charge in [-0.15, -0.1) is 0 Å². The summed E-state index contributed by atoms with van der Waals surface area (Å²) in [5, 5.41) is 2.39. The van der Waals surface area contributed by atoms with Gasteiger partial charge in [0.05, 0.1) is 5.69 Å². The van der Waals surface area contributed by atoms with Gasteiger partial charge in [0.15, 0.2) is 0 Å². The number of amides is 1. The zero-order valence-corrected chi connectivity index (χ0v) is 12.1. The van der Waals surface area contributed by atoms with Crippen molar-refractivity contribution >= 4 is 22.8 Å². The molecular weight excluding hydrogens is 272 g/mol. The molecule has 0 bridgehead atoms. The Balaban J connectivity index is 1.85. The molecule has 3 nitrogen and oxygen atoms in total. The minimum absolute atomic E-state index is 0.441. The molecule has 0 atom stereocenters. The largest absolute Gasteiger partial charge is 0.366 e. The first-order chi connectivity index (χ1) is 10.7. The van der Waals surface area contributed by atoms with Crippen LogP contribution in [-0.4, -0.2) is 10.9 Å². The SMILES string of the molecule is NC(=O)C=Cc1ccc(Cc2nccc3ccccc23)cc1. The lowest BCUT2D eigenvalue weighted by Crippen LogP contribution is -2.05. The summed E-state index contributed by atoms with van der Waals surface area (Å²) in [4.78, 5) is 15.2. The first kappa shape index (κ1) is 14.0. The number of carbonyl (C=O) groups is 1. The van der Waals surface area contributed by atoms with E-state index in [-0.39, 0.29) is 0 Å². The number of benzene rings is 2. The molecule has 1 amide bonds. The number of fused-ring (bicyclic) bond motifs is 1. The van der Waals surface area contributed by atoms with Crippen LogP contribution >= 0.6 is 0 Å². The van der Waals surface area contributed by atoms with E-state index in [1.807, 2.05) is 48.7 Å². The molecule has 0 unspecified atom stereocenters. The van der Waals surface area contributed by atoms with E-state index in [4.69, 9.17) is 5.73 Å². The summed E-state index contributed by atoms with van der Waals surface area (Å²) < 4.78 is 0. The molecule has 0 saturated heterocycles. The number of hydrogen-bond acceptors (Lipinski definition) is 2. The van der Waals surface area contributed by atoms with Crippen LogP contribution in [0.5, 0.6) is 0 Å². The van der Waals surface area contributed by atoms with Gasteiger partial charge in [-0.05, 0) is 28.7 Å². The van der Waals surface area contributed by atoms with Gasteiger partial charge in [0.2, 0.25) is 5.91 Å². The third-order valence-electron chi connectivity index (χ3n) is 3.55.